The van der Waals surface area contributed by atoms with E-state index in [1.165, 1.54) is 12.8 Å². The van der Waals surface area contributed by atoms with Gasteiger partial charge in [0.25, 0.3) is 0 Å². The molecule has 0 atom stereocenters. The highest BCUT2D eigenvalue weighted by molar-refractivity contribution is 6.43. The van der Waals surface area contributed by atoms with E-state index in [4.69, 9.17) is 27.9 Å². The van der Waals surface area contributed by atoms with E-state index in [2.05, 4.69) is 95.7 Å². The molecule has 51 heavy (non-hydrogen) atoms. The molecule has 0 aliphatic carbocycles. The number of carbonyl (C=O) groups is 1. The second-order valence-electron chi connectivity index (χ2n) is 13.1. The third-order valence-electron chi connectivity index (χ3n) is 9.10. The highest BCUT2D eigenvalue weighted by Crippen LogP contribution is 2.33. The minimum Gasteiger partial charge on any atom is -0.494 e. The van der Waals surface area contributed by atoms with Crippen molar-refractivity contribution in [2.45, 2.75) is 77.6 Å². The predicted octanol–water partition coefficient (Wildman–Crippen LogP) is 11.6. The van der Waals surface area contributed by atoms with Gasteiger partial charge in [0.2, 0.25) is 5.91 Å². The van der Waals surface area contributed by atoms with Gasteiger partial charge in [-0.25, -0.2) is 0 Å². The Labute approximate surface area is 317 Å². The Hall–Kier alpha value is -3.51. The first kappa shape index (κ1) is 40.3. The van der Waals surface area contributed by atoms with Crippen molar-refractivity contribution in [1.82, 2.24) is 4.90 Å². The van der Waals surface area contributed by atoms with Gasteiger partial charge in [0.15, 0.2) is 0 Å². The molecule has 2 heterocycles. The first-order chi connectivity index (χ1) is 25.1. The van der Waals surface area contributed by atoms with Crippen molar-refractivity contribution >= 4 is 46.6 Å². The summed E-state index contributed by atoms with van der Waals surface area (Å²) in [5, 5.41) is 1.25. The average molecular weight is 731 g/mol. The fourth-order valence-corrected chi connectivity index (χ4v) is 6.59. The highest BCUT2D eigenvalue weighted by Gasteiger charge is 2.21. The third kappa shape index (κ3) is 14.6. The summed E-state index contributed by atoms with van der Waals surface area (Å²) in [6, 6.07) is 11.9. The average Bonchev–Trinajstić information content (AvgIpc) is 3.15. The van der Waals surface area contributed by atoms with E-state index in [1.54, 1.807) is 0 Å². The summed E-state index contributed by atoms with van der Waals surface area (Å²) in [6.07, 6.45) is 37.0. The van der Waals surface area contributed by atoms with Crippen molar-refractivity contribution in [2.75, 3.05) is 55.7 Å². The number of nitrogens with zero attached hydrogens (tertiary/aromatic N) is 3. The van der Waals surface area contributed by atoms with Gasteiger partial charge in [0, 0.05) is 45.2 Å². The van der Waals surface area contributed by atoms with Crippen molar-refractivity contribution < 1.29 is 9.53 Å². The van der Waals surface area contributed by atoms with Crippen LogP contribution in [-0.2, 0) is 4.79 Å². The summed E-state index contributed by atoms with van der Waals surface area (Å²) in [5.74, 6) is 0.987. The Balaban J connectivity index is 1.07. The number of anilines is 2. The second kappa shape index (κ2) is 23.9. The molecule has 0 spiro atoms. The normalized spacial score (nSPS) is 15.4. The number of allylic oxidation sites excluding steroid dienone is 10. The molecule has 4 rings (SSSR count). The Morgan fingerprint density at radius 3 is 2.12 bits per heavy atom. The Bertz CT molecular complexity index is 1520. The number of amides is 1. The first-order valence-corrected chi connectivity index (χ1v) is 19.7. The molecule has 0 unspecified atom stereocenters. The van der Waals surface area contributed by atoms with Crippen LogP contribution < -0.4 is 14.5 Å². The fourth-order valence-electron chi connectivity index (χ4n) is 6.18. The van der Waals surface area contributed by atoms with E-state index >= 15 is 0 Å². The van der Waals surface area contributed by atoms with E-state index < -0.39 is 0 Å². The fraction of sp³-hybridized carbons (Fsp3) is 0.432. The standard InChI is InChI=1S/C44H57Cl2N3O2/c1-2-3-4-5-6-7-8-9-10-11-12-13-14-15-16-17-18-19-27-43(50)49-31-23-24-38-28-29-39(37-42(38)49)51-36-21-20-30-47-32-34-48(35-33-47)41-26-22-25-40(45)44(41)46/h4-5,7-8,10-11,13-14,16-17,22-26,28-29,37H,2-3,6,9,12,15,18-21,27,30-36H2,1H3/b5-4-,8-7-,11-10-,14-13-,17-16-. The van der Waals surface area contributed by atoms with Gasteiger partial charge < -0.3 is 14.5 Å². The van der Waals surface area contributed by atoms with E-state index in [1.807, 2.05) is 35.2 Å². The van der Waals surface area contributed by atoms with Gasteiger partial charge in [-0.2, -0.15) is 0 Å². The lowest BCUT2D eigenvalue weighted by Crippen LogP contribution is -2.46. The lowest BCUT2D eigenvalue weighted by atomic mass is 10.1. The molecule has 1 amide bonds. The van der Waals surface area contributed by atoms with Crippen LogP contribution in [0.1, 0.15) is 83.1 Å². The number of unbranched alkanes of at least 4 members (excludes halogenated alkanes) is 3. The van der Waals surface area contributed by atoms with E-state index in [-0.39, 0.29) is 5.91 Å². The second-order valence-corrected chi connectivity index (χ2v) is 13.9. The van der Waals surface area contributed by atoms with Crippen LogP contribution in [0, 0.1) is 0 Å². The number of hydrogen-bond donors (Lipinski definition) is 0. The van der Waals surface area contributed by atoms with Crippen molar-refractivity contribution in [2.24, 2.45) is 0 Å². The largest absolute Gasteiger partial charge is 0.494 e. The maximum absolute atomic E-state index is 13.2. The molecule has 1 fully saturated rings. The lowest BCUT2D eigenvalue weighted by molar-refractivity contribution is -0.118. The number of hydrogen-bond acceptors (Lipinski definition) is 4. The van der Waals surface area contributed by atoms with Crippen molar-refractivity contribution in [3.05, 3.63) is 119 Å². The predicted molar refractivity (Wildman–Crippen MR) is 221 cm³/mol. The maximum Gasteiger partial charge on any atom is 0.227 e. The number of carbonyl (C=O) groups excluding carboxylic acids is 1. The highest BCUT2D eigenvalue weighted by atomic mass is 35.5. The van der Waals surface area contributed by atoms with Gasteiger partial charge in [0.05, 0.1) is 28.0 Å². The SMILES string of the molecule is CCC/C=C\C/C=C\C/C=C\C/C=C\C/C=C\CCCC(=O)N1CC=Cc2ccc(OCCCCN3CCN(c4cccc(Cl)c4Cl)CC3)cc21. The molecular formula is C44H57Cl2N3O2. The van der Waals surface area contributed by atoms with Crippen molar-refractivity contribution in [3.8, 4) is 5.75 Å². The van der Waals surface area contributed by atoms with Crippen LogP contribution in [0.5, 0.6) is 5.75 Å². The molecule has 0 saturated carbocycles. The van der Waals surface area contributed by atoms with Crippen LogP contribution in [0.2, 0.25) is 10.0 Å². The quantitative estimate of drug-likeness (QED) is 0.0946. The van der Waals surface area contributed by atoms with E-state index in [0.717, 1.165) is 107 Å². The van der Waals surface area contributed by atoms with Crippen LogP contribution in [-0.4, -0.2) is 56.7 Å². The van der Waals surface area contributed by atoms with Crippen molar-refractivity contribution in [3.63, 3.8) is 0 Å². The van der Waals surface area contributed by atoms with Gasteiger partial charge in [-0.15, -0.1) is 0 Å². The molecule has 1 saturated heterocycles. The van der Waals surface area contributed by atoms with Crippen LogP contribution in [0.15, 0.2) is 103 Å². The van der Waals surface area contributed by atoms with Crippen LogP contribution in [0.3, 0.4) is 0 Å². The molecule has 0 bridgehead atoms. The molecule has 2 aliphatic rings. The zero-order valence-electron chi connectivity index (χ0n) is 30.5. The molecule has 0 radical (unpaired) electrons. The minimum atomic E-state index is 0.165. The van der Waals surface area contributed by atoms with Crippen LogP contribution in [0.25, 0.3) is 6.08 Å². The summed E-state index contributed by atoms with van der Waals surface area (Å²) in [6.45, 7) is 8.42. The number of piperazine rings is 1. The number of rotatable bonds is 21. The minimum absolute atomic E-state index is 0.165. The third-order valence-corrected chi connectivity index (χ3v) is 9.91. The number of halogens is 2. The van der Waals surface area contributed by atoms with Crippen LogP contribution in [0.4, 0.5) is 11.4 Å². The molecule has 0 aromatic heterocycles. The Morgan fingerprint density at radius 1 is 0.765 bits per heavy atom. The summed E-state index contributed by atoms with van der Waals surface area (Å²) < 4.78 is 6.15. The smallest absolute Gasteiger partial charge is 0.227 e. The van der Waals surface area contributed by atoms with Crippen LogP contribution >= 0.6 is 23.2 Å². The molecular weight excluding hydrogens is 673 g/mol. The van der Waals surface area contributed by atoms with Gasteiger partial charge in [0.1, 0.15) is 5.75 Å². The number of benzene rings is 2. The lowest BCUT2D eigenvalue weighted by Gasteiger charge is -2.36. The number of fused-ring (bicyclic) bond motifs is 1. The molecule has 2 aliphatic heterocycles. The summed E-state index contributed by atoms with van der Waals surface area (Å²) in [7, 11) is 0. The zero-order valence-corrected chi connectivity index (χ0v) is 32.0. The van der Waals surface area contributed by atoms with Gasteiger partial charge in [-0.3, -0.25) is 9.69 Å². The van der Waals surface area contributed by atoms with E-state index in [9.17, 15) is 4.79 Å². The summed E-state index contributed by atoms with van der Waals surface area (Å²) in [5.41, 5.74) is 3.03. The Kier molecular flexibility index (Phi) is 18.8. The maximum atomic E-state index is 13.2. The summed E-state index contributed by atoms with van der Waals surface area (Å²) >= 11 is 12.7. The number of ether oxygens (including phenoxy) is 1. The molecule has 7 heteroatoms. The molecule has 274 valence electrons. The monoisotopic (exact) mass is 729 g/mol. The van der Waals surface area contributed by atoms with Crippen molar-refractivity contribution in [1.29, 1.82) is 0 Å². The zero-order chi connectivity index (χ0) is 35.9. The molecule has 2 aromatic carbocycles. The molecule has 5 nitrogen and oxygen atoms in total. The molecule has 2 aromatic rings. The first-order valence-electron chi connectivity index (χ1n) is 19.0. The summed E-state index contributed by atoms with van der Waals surface area (Å²) in [4.78, 5) is 19.9. The molecule has 0 N–H and O–H groups in total. The van der Waals surface area contributed by atoms with Gasteiger partial charge >= 0.3 is 0 Å². The Morgan fingerprint density at radius 2 is 1.43 bits per heavy atom. The van der Waals surface area contributed by atoms with Gasteiger partial charge in [-0.1, -0.05) is 116 Å². The van der Waals surface area contributed by atoms with Gasteiger partial charge in [-0.05, 0) is 94.2 Å². The topological polar surface area (TPSA) is 36.0 Å². The van der Waals surface area contributed by atoms with E-state index in [0.29, 0.717) is 29.6 Å².